The normalized spacial score (nSPS) is 15.9. The smallest absolute Gasteiger partial charge is 0.263 e. The third-order valence-electron chi connectivity index (χ3n) is 4.13. The molecule has 2 N–H and O–H groups in total. The maximum atomic E-state index is 12.0. The van der Waals surface area contributed by atoms with Gasteiger partial charge in [0.05, 0.1) is 17.3 Å². The minimum Gasteiger partial charge on any atom is -0.390 e. The van der Waals surface area contributed by atoms with Crippen LogP contribution in [0.4, 0.5) is 0 Å². The molecule has 1 aromatic carbocycles. The molecule has 2 heterocycles. The van der Waals surface area contributed by atoms with Crippen molar-refractivity contribution in [3.8, 4) is 0 Å². The molecule has 1 atom stereocenters. The summed E-state index contributed by atoms with van der Waals surface area (Å²) in [5, 5.41) is 13.0. The van der Waals surface area contributed by atoms with Crippen LogP contribution in [0.1, 0.15) is 26.5 Å². The van der Waals surface area contributed by atoms with Crippen molar-refractivity contribution in [2.24, 2.45) is 0 Å². The van der Waals surface area contributed by atoms with Crippen LogP contribution in [-0.2, 0) is 13.0 Å². The van der Waals surface area contributed by atoms with Gasteiger partial charge in [-0.1, -0.05) is 24.3 Å². The van der Waals surface area contributed by atoms with Gasteiger partial charge in [-0.25, -0.2) is 4.98 Å². The largest absolute Gasteiger partial charge is 0.390 e. The maximum Gasteiger partial charge on any atom is 0.263 e. The zero-order valence-electron chi connectivity index (χ0n) is 13.2. The van der Waals surface area contributed by atoms with Gasteiger partial charge in [0.15, 0.2) is 0 Å². The molecule has 2 aromatic rings. The van der Waals surface area contributed by atoms with E-state index in [0.29, 0.717) is 11.4 Å². The number of thiazole rings is 1. The second kappa shape index (κ2) is 7.21. The molecule has 0 radical (unpaired) electrons. The van der Waals surface area contributed by atoms with E-state index in [-0.39, 0.29) is 12.5 Å². The maximum absolute atomic E-state index is 12.0. The summed E-state index contributed by atoms with van der Waals surface area (Å²) in [5.74, 6) is -0.159. The molecule has 6 heteroatoms. The third kappa shape index (κ3) is 3.96. The van der Waals surface area contributed by atoms with Crippen LogP contribution >= 0.6 is 11.3 Å². The van der Waals surface area contributed by atoms with Crippen LogP contribution in [0, 0.1) is 6.92 Å². The van der Waals surface area contributed by atoms with E-state index in [0.717, 1.165) is 25.2 Å². The number of carbonyl (C=O) groups excluding carboxylic acids is 1. The predicted octanol–water partition coefficient (Wildman–Crippen LogP) is 1.60. The first kappa shape index (κ1) is 16.1. The molecule has 122 valence electrons. The molecule has 0 bridgehead atoms. The molecular weight excluding hydrogens is 310 g/mol. The Morgan fingerprint density at radius 3 is 2.96 bits per heavy atom. The highest BCUT2D eigenvalue weighted by atomic mass is 32.1. The van der Waals surface area contributed by atoms with Crippen LogP contribution in [0.15, 0.2) is 29.8 Å². The molecule has 23 heavy (non-hydrogen) atoms. The molecule has 1 unspecified atom stereocenters. The average Bonchev–Trinajstić information content (AvgIpc) is 2.98. The lowest BCUT2D eigenvalue weighted by Crippen LogP contribution is -2.42. The Bertz CT molecular complexity index is 686. The van der Waals surface area contributed by atoms with Crippen molar-refractivity contribution in [3.05, 3.63) is 51.5 Å². The molecule has 1 aromatic heterocycles. The SMILES string of the molecule is Cc1ncsc1C(=O)NCC(O)CN1CCc2ccccc2C1. The number of hydrogen-bond donors (Lipinski definition) is 2. The molecule has 5 nitrogen and oxygen atoms in total. The molecule has 0 fully saturated rings. The van der Waals surface area contributed by atoms with Crippen molar-refractivity contribution in [2.45, 2.75) is 26.0 Å². The van der Waals surface area contributed by atoms with Crippen molar-refractivity contribution < 1.29 is 9.90 Å². The van der Waals surface area contributed by atoms with Gasteiger partial charge in [0.2, 0.25) is 0 Å². The number of benzene rings is 1. The first-order valence-electron chi connectivity index (χ1n) is 7.79. The highest BCUT2D eigenvalue weighted by molar-refractivity contribution is 7.11. The number of β-amino-alcohol motifs (C(OH)–C–C–N with tert-alkyl or cyclic N) is 1. The monoisotopic (exact) mass is 331 g/mol. The molecule has 0 saturated carbocycles. The van der Waals surface area contributed by atoms with Crippen LogP contribution in [0.3, 0.4) is 0 Å². The van der Waals surface area contributed by atoms with Gasteiger partial charge in [-0.3, -0.25) is 9.69 Å². The fourth-order valence-corrected chi connectivity index (χ4v) is 3.60. The van der Waals surface area contributed by atoms with Gasteiger partial charge in [0.25, 0.3) is 5.91 Å². The molecule has 1 aliphatic rings. The quantitative estimate of drug-likeness (QED) is 0.873. The van der Waals surface area contributed by atoms with Crippen LogP contribution < -0.4 is 5.32 Å². The third-order valence-corrected chi connectivity index (χ3v) is 5.06. The summed E-state index contributed by atoms with van der Waals surface area (Å²) >= 11 is 1.32. The number of hydrogen-bond acceptors (Lipinski definition) is 5. The fourth-order valence-electron chi connectivity index (χ4n) is 2.88. The number of nitrogens with zero attached hydrogens (tertiary/aromatic N) is 2. The van der Waals surface area contributed by atoms with Crippen LogP contribution in [0.5, 0.6) is 0 Å². The lowest BCUT2D eigenvalue weighted by atomic mass is 10.00. The number of aliphatic hydroxyl groups is 1. The zero-order chi connectivity index (χ0) is 16.2. The second-order valence-corrected chi connectivity index (χ2v) is 6.74. The number of rotatable bonds is 5. The van der Waals surface area contributed by atoms with E-state index in [9.17, 15) is 9.90 Å². The van der Waals surface area contributed by atoms with Gasteiger partial charge in [-0.2, -0.15) is 0 Å². The van der Waals surface area contributed by atoms with Crippen LogP contribution in [0.25, 0.3) is 0 Å². The Labute approximate surface area is 140 Å². The summed E-state index contributed by atoms with van der Waals surface area (Å²) in [6.45, 7) is 4.43. The molecular formula is C17H21N3O2S. The van der Waals surface area contributed by atoms with E-state index in [4.69, 9.17) is 0 Å². The molecule has 0 saturated heterocycles. The molecule has 0 aliphatic carbocycles. The van der Waals surface area contributed by atoms with E-state index in [1.165, 1.54) is 22.5 Å². The van der Waals surface area contributed by atoms with E-state index < -0.39 is 6.10 Å². The van der Waals surface area contributed by atoms with E-state index in [2.05, 4.69) is 39.5 Å². The molecule has 3 rings (SSSR count). The Kier molecular flexibility index (Phi) is 5.05. The van der Waals surface area contributed by atoms with Gasteiger partial charge < -0.3 is 10.4 Å². The van der Waals surface area contributed by atoms with E-state index >= 15 is 0 Å². The molecule has 0 spiro atoms. The van der Waals surface area contributed by atoms with Gasteiger partial charge in [-0.05, 0) is 24.5 Å². The minimum absolute atomic E-state index is 0.159. The van der Waals surface area contributed by atoms with E-state index in [1.54, 1.807) is 5.51 Å². The molecule has 1 amide bonds. The fraction of sp³-hybridized carbons (Fsp3) is 0.412. The Morgan fingerprint density at radius 1 is 1.43 bits per heavy atom. The van der Waals surface area contributed by atoms with Crippen molar-refractivity contribution in [1.82, 2.24) is 15.2 Å². The van der Waals surface area contributed by atoms with Gasteiger partial charge in [0.1, 0.15) is 4.88 Å². The van der Waals surface area contributed by atoms with Crippen molar-refractivity contribution in [1.29, 1.82) is 0 Å². The molecule has 1 aliphatic heterocycles. The Morgan fingerprint density at radius 2 is 2.22 bits per heavy atom. The van der Waals surface area contributed by atoms with Crippen LogP contribution in [0.2, 0.25) is 0 Å². The topological polar surface area (TPSA) is 65.5 Å². The summed E-state index contributed by atoms with van der Waals surface area (Å²) in [7, 11) is 0. The summed E-state index contributed by atoms with van der Waals surface area (Å²) in [4.78, 5) is 18.9. The lowest BCUT2D eigenvalue weighted by Gasteiger charge is -2.30. The second-order valence-electron chi connectivity index (χ2n) is 5.88. The number of amides is 1. The van der Waals surface area contributed by atoms with Gasteiger partial charge >= 0.3 is 0 Å². The summed E-state index contributed by atoms with van der Waals surface area (Å²) < 4.78 is 0. The average molecular weight is 331 g/mol. The van der Waals surface area contributed by atoms with Crippen LogP contribution in [-0.4, -0.2) is 46.6 Å². The number of carbonyl (C=O) groups is 1. The number of fused-ring (bicyclic) bond motifs is 1. The number of aliphatic hydroxyl groups excluding tert-OH is 1. The zero-order valence-corrected chi connectivity index (χ0v) is 14.0. The standard InChI is InChI=1S/C17H21N3O2S/c1-12-16(23-11-19-12)17(22)18-8-15(21)10-20-7-6-13-4-2-3-5-14(13)9-20/h2-5,11,15,21H,6-10H2,1H3,(H,18,22). The van der Waals surface area contributed by atoms with Crippen molar-refractivity contribution in [2.75, 3.05) is 19.6 Å². The number of aryl methyl sites for hydroxylation is 1. The lowest BCUT2D eigenvalue weighted by molar-refractivity contribution is 0.0844. The van der Waals surface area contributed by atoms with Gasteiger partial charge in [0, 0.05) is 26.2 Å². The van der Waals surface area contributed by atoms with E-state index in [1.807, 2.05) is 6.92 Å². The van der Waals surface area contributed by atoms with Crippen molar-refractivity contribution in [3.63, 3.8) is 0 Å². The van der Waals surface area contributed by atoms with Crippen molar-refractivity contribution >= 4 is 17.2 Å². The predicted molar refractivity (Wildman–Crippen MR) is 90.6 cm³/mol. The Balaban J connectivity index is 1.48. The summed E-state index contributed by atoms with van der Waals surface area (Å²) in [6.07, 6.45) is 0.437. The minimum atomic E-state index is -0.572. The number of aromatic nitrogens is 1. The highest BCUT2D eigenvalue weighted by Crippen LogP contribution is 2.18. The summed E-state index contributed by atoms with van der Waals surface area (Å²) in [5.41, 5.74) is 5.11. The highest BCUT2D eigenvalue weighted by Gasteiger charge is 2.19. The number of nitrogens with one attached hydrogen (secondary N) is 1. The first-order valence-corrected chi connectivity index (χ1v) is 8.67. The summed E-state index contributed by atoms with van der Waals surface area (Å²) in [6, 6.07) is 8.43. The Hall–Kier alpha value is -1.76. The first-order chi connectivity index (χ1) is 11.1. The van der Waals surface area contributed by atoms with Gasteiger partial charge in [-0.15, -0.1) is 11.3 Å².